The fourth-order valence-corrected chi connectivity index (χ4v) is 1.40. The first-order valence-corrected chi connectivity index (χ1v) is 5.32. The minimum atomic E-state index is -0.377. The minimum Gasteiger partial charge on any atom is -0.389 e. The number of hydrogen-bond donors (Lipinski definition) is 1. The summed E-state index contributed by atoms with van der Waals surface area (Å²) in [5.74, 6) is 0. The molecule has 0 fully saturated rings. The molecule has 80 valence electrons. The van der Waals surface area contributed by atoms with Gasteiger partial charge in [0.05, 0.1) is 6.10 Å². The van der Waals surface area contributed by atoms with E-state index in [4.69, 9.17) is 0 Å². The van der Waals surface area contributed by atoms with Gasteiger partial charge in [0.1, 0.15) is 0 Å². The van der Waals surface area contributed by atoms with E-state index >= 15 is 0 Å². The van der Waals surface area contributed by atoms with Crippen molar-refractivity contribution in [3.8, 4) is 0 Å². The molecule has 0 heterocycles. The average Bonchev–Trinajstić information content (AvgIpc) is 2.26. The number of allylic oxidation sites excluding steroid dienone is 1. The summed E-state index contributed by atoms with van der Waals surface area (Å²) in [7, 11) is 0. The maximum atomic E-state index is 9.39. The maximum Gasteiger partial charge on any atom is 0.0755 e. The zero-order valence-corrected chi connectivity index (χ0v) is 8.97. The van der Waals surface area contributed by atoms with E-state index in [1.807, 2.05) is 30.4 Å². The Hall–Kier alpha value is -1.34. The van der Waals surface area contributed by atoms with Crippen LogP contribution in [0.4, 0.5) is 0 Å². The molecule has 1 N–H and O–H groups in total. The van der Waals surface area contributed by atoms with Crippen LogP contribution in [0.1, 0.15) is 18.4 Å². The summed E-state index contributed by atoms with van der Waals surface area (Å²) in [5.41, 5.74) is 1.33. The van der Waals surface area contributed by atoms with E-state index in [0.717, 1.165) is 12.8 Å². The van der Waals surface area contributed by atoms with E-state index < -0.39 is 0 Å². The normalized spacial score (nSPS) is 12.9. The summed E-state index contributed by atoms with van der Waals surface area (Å²) in [5, 5.41) is 9.39. The van der Waals surface area contributed by atoms with Crippen LogP contribution in [0.25, 0.3) is 0 Å². The molecule has 0 amide bonds. The van der Waals surface area contributed by atoms with Crippen molar-refractivity contribution in [2.45, 2.75) is 25.4 Å². The molecule has 0 radical (unpaired) electrons. The van der Waals surface area contributed by atoms with Crippen LogP contribution in [0.2, 0.25) is 0 Å². The smallest absolute Gasteiger partial charge is 0.0755 e. The second-order valence-electron chi connectivity index (χ2n) is 3.54. The molecular weight excluding hydrogens is 184 g/mol. The fourth-order valence-electron chi connectivity index (χ4n) is 1.40. The van der Waals surface area contributed by atoms with Gasteiger partial charge in [-0.25, -0.2) is 0 Å². The second kappa shape index (κ2) is 7.02. The summed E-state index contributed by atoms with van der Waals surface area (Å²) in [4.78, 5) is 0. The van der Waals surface area contributed by atoms with Crippen molar-refractivity contribution in [2.75, 3.05) is 0 Å². The van der Waals surface area contributed by atoms with Gasteiger partial charge in [-0.1, -0.05) is 48.6 Å². The molecular formula is C14H18O. The van der Waals surface area contributed by atoms with Gasteiger partial charge in [-0.3, -0.25) is 0 Å². The third-order valence-corrected chi connectivity index (χ3v) is 2.21. The first-order chi connectivity index (χ1) is 7.33. The summed E-state index contributed by atoms with van der Waals surface area (Å²) < 4.78 is 0. The van der Waals surface area contributed by atoms with Crippen LogP contribution in [0, 0.1) is 0 Å². The van der Waals surface area contributed by atoms with Crippen molar-refractivity contribution >= 4 is 0 Å². The van der Waals surface area contributed by atoms with Gasteiger partial charge in [0.2, 0.25) is 0 Å². The number of aliphatic hydroxyl groups excluding tert-OH is 1. The Labute approximate surface area is 91.8 Å². The van der Waals surface area contributed by atoms with Crippen LogP contribution >= 0.6 is 0 Å². The highest BCUT2D eigenvalue weighted by molar-refractivity contribution is 5.15. The van der Waals surface area contributed by atoms with Crippen molar-refractivity contribution in [1.29, 1.82) is 0 Å². The molecule has 1 aromatic carbocycles. The second-order valence-corrected chi connectivity index (χ2v) is 3.54. The molecule has 0 bridgehead atoms. The molecule has 0 saturated heterocycles. The Morgan fingerprint density at radius 3 is 2.67 bits per heavy atom. The van der Waals surface area contributed by atoms with E-state index in [0.29, 0.717) is 6.42 Å². The number of rotatable bonds is 6. The Kier molecular flexibility index (Phi) is 5.49. The molecule has 0 aliphatic heterocycles. The molecule has 15 heavy (non-hydrogen) atoms. The molecule has 1 heteroatoms. The van der Waals surface area contributed by atoms with Crippen molar-refractivity contribution in [3.05, 3.63) is 60.7 Å². The zero-order chi connectivity index (χ0) is 10.9. The van der Waals surface area contributed by atoms with Crippen molar-refractivity contribution in [1.82, 2.24) is 0 Å². The van der Waals surface area contributed by atoms with Crippen molar-refractivity contribution in [2.24, 2.45) is 0 Å². The largest absolute Gasteiger partial charge is 0.389 e. The van der Waals surface area contributed by atoms with Crippen LogP contribution in [-0.2, 0) is 6.42 Å². The predicted molar refractivity (Wildman–Crippen MR) is 64.7 cm³/mol. The number of benzene rings is 1. The highest BCUT2D eigenvalue weighted by Crippen LogP contribution is 2.03. The summed E-state index contributed by atoms with van der Waals surface area (Å²) in [6.07, 6.45) is 7.84. The number of aliphatic hydroxyl groups is 1. The maximum absolute atomic E-state index is 9.39. The molecule has 0 spiro atoms. The Morgan fingerprint density at radius 2 is 2.00 bits per heavy atom. The first kappa shape index (κ1) is 11.7. The third-order valence-electron chi connectivity index (χ3n) is 2.21. The highest BCUT2D eigenvalue weighted by Gasteiger charge is 1.93. The average molecular weight is 202 g/mol. The molecule has 0 aliphatic rings. The van der Waals surface area contributed by atoms with E-state index in [-0.39, 0.29) is 6.10 Å². The van der Waals surface area contributed by atoms with Gasteiger partial charge in [0.15, 0.2) is 0 Å². The topological polar surface area (TPSA) is 20.2 Å². The zero-order valence-electron chi connectivity index (χ0n) is 8.97. The number of aryl methyl sites for hydroxylation is 1. The summed E-state index contributed by atoms with van der Waals surface area (Å²) in [6.45, 7) is 3.58. The standard InChI is InChI=1S/C14H18O/c1-2-8-14(15)12-7-6-11-13-9-4-3-5-10-13/h2-5,7,9-10,12,14-15H,1,6,8,11H2/b12-7+. The minimum absolute atomic E-state index is 0.377. The van der Waals surface area contributed by atoms with Crippen LogP contribution < -0.4 is 0 Å². The van der Waals surface area contributed by atoms with E-state index in [2.05, 4.69) is 18.7 Å². The third kappa shape index (κ3) is 5.18. The van der Waals surface area contributed by atoms with Gasteiger partial charge in [-0.05, 0) is 24.8 Å². The summed E-state index contributed by atoms with van der Waals surface area (Å²) >= 11 is 0. The van der Waals surface area contributed by atoms with E-state index in [1.54, 1.807) is 6.08 Å². The molecule has 0 aliphatic carbocycles. The predicted octanol–water partition coefficient (Wildman–Crippen LogP) is 3.11. The van der Waals surface area contributed by atoms with Gasteiger partial charge >= 0.3 is 0 Å². The quantitative estimate of drug-likeness (QED) is 0.703. The lowest BCUT2D eigenvalue weighted by molar-refractivity contribution is 0.226. The molecule has 0 aromatic heterocycles. The van der Waals surface area contributed by atoms with Crippen LogP contribution in [0.15, 0.2) is 55.1 Å². The van der Waals surface area contributed by atoms with Crippen molar-refractivity contribution in [3.63, 3.8) is 0 Å². The molecule has 1 aromatic rings. The Morgan fingerprint density at radius 1 is 1.27 bits per heavy atom. The first-order valence-electron chi connectivity index (χ1n) is 5.32. The van der Waals surface area contributed by atoms with E-state index in [9.17, 15) is 5.11 Å². The van der Waals surface area contributed by atoms with Gasteiger partial charge in [0, 0.05) is 0 Å². The molecule has 1 unspecified atom stereocenters. The van der Waals surface area contributed by atoms with E-state index in [1.165, 1.54) is 5.56 Å². The monoisotopic (exact) mass is 202 g/mol. The lowest BCUT2D eigenvalue weighted by Gasteiger charge is -2.00. The number of hydrogen-bond acceptors (Lipinski definition) is 1. The van der Waals surface area contributed by atoms with Crippen LogP contribution in [0.5, 0.6) is 0 Å². The summed E-state index contributed by atoms with van der Waals surface area (Å²) in [6, 6.07) is 10.4. The fraction of sp³-hybridized carbons (Fsp3) is 0.286. The lowest BCUT2D eigenvalue weighted by atomic mass is 10.1. The Bertz CT molecular complexity index is 300. The van der Waals surface area contributed by atoms with Gasteiger partial charge in [-0.15, -0.1) is 6.58 Å². The lowest BCUT2D eigenvalue weighted by Crippen LogP contribution is -1.98. The van der Waals surface area contributed by atoms with Crippen LogP contribution in [-0.4, -0.2) is 11.2 Å². The van der Waals surface area contributed by atoms with Gasteiger partial charge < -0.3 is 5.11 Å². The molecule has 1 rings (SSSR count). The van der Waals surface area contributed by atoms with Crippen LogP contribution in [0.3, 0.4) is 0 Å². The molecule has 1 atom stereocenters. The van der Waals surface area contributed by atoms with Gasteiger partial charge in [-0.2, -0.15) is 0 Å². The van der Waals surface area contributed by atoms with Gasteiger partial charge in [0.25, 0.3) is 0 Å². The van der Waals surface area contributed by atoms with Crippen molar-refractivity contribution < 1.29 is 5.11 Å². The highest BCUT2D eigenvalue weighted by atomic mass is 16.3. The molecule has 1 nitrogen and oxygen atoms in total. The Balaban J connectivity index is 2.24. The molecule has 0 saturated carbocycles. The SMILES string of the molecule is C=CCC(O)/C=C/CCc1ccccc1.